The molecule has 3 aromatic rings. The fraction of sp³-hybridized carbons (Fsp3) is 0.211. The number of benzene rings is 2. The van der Waals surface area contributed by atoms with Gasteiger partial charge in [0.15, 0.2) is 5.13 Å². The number of hydrogen-bond donors (Lipinski definition) is 1. The van der Waals surface area contributed by atoms with E-state index in [0.29, 0.717) is 10.0 Å². The zero-order valence-corrected chi connectivity index (χ0v) is 15.4. The standard InChI is InChI=1S/C19H18N2O4S/c1-11(17(22)21-19-20-10-16(26-19)18(23)25-3)12-4-5-14-9-15(24-2)7-6-13(14)8-12/h4-11H,1-3H3,(H,20,21,22)/t11-/m0/s1. The van der Waals surface area contributed by atoms with Crippen molar-refractivity contribution in [2.45, 2.75) is 12.8 Å². The highest BCUT2D eigenvalue weighted by atomic mass is 32.1. The van der Waals surface area contributed by atoms with E-state index in [2.05, 4.69) is 15.0 Å². The second-order valence-electron chi connectivity index (χ2n) is 5.70. The molecular weight excluding hydrogens is 352 g/mol. The first-order valence-electron chi connectivity index (χ1n) is 7.94. The Bertz CT molecular complexity index is 967. The number of fused-ring (bicyclic) bond motifs is 1. The topological polar surface area (TPSA) is 77.5 Å². The van der Waals surface area contributed by atoms with Crippen LogP contribution in [-0.2, 0) is 9.53 Å². The summed E-state index contributed by atoms with van der Waals surface area (Å²) in [6, 6.07) is 11.7. The first kappa shape index (κ1) is 17.9. The molecule has 1 aromatic heterocycles. The molecule has 1 amide bonds. The van der Waals surface area contributed by atoms with Crippen molar-refractivity contribution in [3.05, 3.63) is 53.0 Å². The summed E-state index contributed by atoms with van der Waals surface area (Å²) in [5, 5.41) is 5.19. The molecule has 3 rings (SSSR count). The summed E-state index contributed by atoms with van der Waals surface area (Å²) in [6.07, 6.45) is 1.39. The quantitative estimate of drug-likeness (QED) is 0.691. The fourth-order valence-electron chi connectivity index (χ4n) is 2.53. The third kappa shape index (κ3) is 3.67. The van der Waals surface area contributed by atoms with Crippen LogP contribution in [0.25, 0.3) is 10.8 Å². The second-order valence-corrected chi connectivity index (χ2v) is 6.74. The van der Waals surface area contributed by atoms with Crippen molar-refractivity contribution in [3.63, 3.8) is 0 Å². The number of thiazole rings is 1. The number of esters is 1. The number of hydrogen-bond acceptors (Lipinski definition) is 6. The lowest BCUT2D eigenvalue weighted by Gasteiger charge is -2.12. The molecule has 0 unspecified atom stereocenters. The van der Waals surface area contributed by atoms with Gasteiger partial charge in [0.05, 0.1) is 26.3 Å². The van der Waals surface area contributed by atoms with Crippen LogP contribution in [0.4, 0.5) is 5.13 Å². The van der Waals surface area contributed by atoms with Crippen LogP contribution in [0, 0.1) is 0 Å². The molecule has 6 nitrogen and oxygen atoms in total. The number of aromatic nitrogens is 1. The Kier molecular flexibility index (Phi) is 5.18. The Morgan fingerprint density at radius 3 is 2.58 bits per heavy atom. The molecule has 0 fully saturated rings. The van der Waals surface area contributed by atoms with Gasteiger partial charge in [0, 0.05) is 0 Å². The van der Waals surface area contributed by atoms with E-state index in [1.54, 1.807) is 7.11 Å². The Morgan fingerprint density at radius 1 is 1.12 bits per heavy atom. The number of rotatable bonds is 5. The highest BCUT2D eigenvalue weighted by molar-refractivity contribution is 7.17. The monoisotopic (exact) mass is 370 g/mol. The molecule has 0 spiro atoms. The van der Waals surface area contributed by atoms with Gasteiger partial charge in [-0.15, -0.1) is 0 Å². The van der Waals surface area contributed by atoms with Gasteiger partial charge in [0.25, 0.3) is 0 Å². The van der Waals surface area contributed by atoms with E-state index in [4.69, 9.17) is 4.74 Å². The van der Waals surface area contributed by atoms with E-state index in [1.165, 1.54) is 13.3 Å². The summed E-state index contributed by atoms with van der Waals surface area (Å²) >= 11 is 1.08. The minimum Gasteiger partial charge on any atom is -0.497 e. The molecule has 7 heteroatoms. The molecule has 0 saturated heterocycles. The van der Waals surface area contributed by atoms with Gasteiger partial charge in [-0.05, 0) is 35.4 Å². The van der Waals surface area contributed by atoms with Crippen molar-refractivity contribution in [1.29, 1.82) is 0 Å². The van der Waals surface area contributed by atoms with Crippen molar-refractivity contribution < 1.29 is 19.1 Å². The Morgan fingerprint density at radius 2 is 1.85 bits per heavy atom. The third-order valence-electron chi connectivity index (χ3n) is 4.09. The predicted molar refractivity (Wildman–Crippen MR) is 101 cm³/mol. The van der Waals surface area contributed by atoms with Crippen molar-refractivity contribution in [2.24, 2.45) is 0 Å². The van der Waals surface area contributed by atoms with Gasteiger partial charge in [-0.1, -0.05) is 35.6 Å². The summed E-state index contributed by atoms with van der Waals surface area (Å²) in [5.74, 6) is -0.238. The van der Waals surface area contributed by atoms with E-state index in [9.17, 15) is 9.59 Å². The number of carbonyl (C=O) groups is 2. The van der Waals surface area contributed by atoms with Crippen molar-refractivity contribution >= 4 is 39.1 Å². The number of anilines is 1. The van der Waals surface area contributed by atoms with Gasteiger partial charge in [-0.2, -0.15) is 0 Å². The SMILES string of the molecule is COC(=O)c1cnc(NC(=O)[C@@H](C)c2ccc3cc(OC)ccc3c2)s1. The van der Waals surface area contributed by atoms with Gasteiger partial charge in [0.2, 0.25) is 5.91 Å². The molecule has 1 heterocycles. The van der Waals surface area contributed by atoms with Crippen LogP contribution in [-0.4, -0.2) is 31.1 Å². The molecule has 2 aromatic carbocycles. The maximum Gasteiger partial charge on any atom is 0.349 e. The number of nitrogens with zero attached hydrogens (tertiary/aromatic N) is 1. The molecule has 0 saturated carbocycles. The molecule has 0 aliphatic rings. The second kappa shape index (κ2) is 7.53. The van der Waals surface area contributed by atoms with E-state index < -0.39 is 5.97 Å². The normalized spacial score (nSPS) is 11.8. The molecule has 1 atom stereocenters. The highest BCUT2D eigenvalue weighted by Gasteiger charge is 2.18. The van der Waals surface area contributed by atoms with E-state index >= 15 is 0 Å². The predicted octanol–water partition coefficient (Wildman–Crippen LogP) is 3.83. The summed E-state index contributed by atoms with van der Waals surface area (Å²) in [7, 11) is 2.93. The van der Waals surface area contributed by atoms with Crippen LogP contribution in [0.15, 0.2) is 42.6 Å². The lowest BCUT2D eigenvalue weighted by molar-refractivity contribution is -0.117. The van der Waals surface area contributed by atoms with Crippen LogP contribution in [0.1, 0.15) is 28.1 Å². The number of ether oxygens (including phenoxy) is 2. The van der Waals surface area contributed by atoms with Crippen LogP contribution in [0.3, 0.4) is 0 Å². The van der Waals surface area contributed by atoms with Crippen LogP contribution < -0.4 is 10.1 Å². The lowest BCUT2D eigenvalue weighted by Crippen LogP contribution is -2.18. The summed E-state index contributed by atoms with van der Waals surface area (Å²) < 4.78 is 9.87. The number of methoxy groups -OCH3 is 2. The van der Waals surface area contributed by atoms with Crippen molar-refractivity contribution in [3.8, 4) is 5.75 Å². The highest BCUT2D eigenvalue weighted by Crippen LogP contribution is 2.26. The summed E-state index contributed by atoms with van der Waals surface area (Å²) in [4.78, 5) is 28.4. The number of carbonyl (C=O) groups excluding carboxylic acids is 2. The largest absolute Gasteiger partial charge is 0.497 e. The van der Waals surface area contributed by atoms with Crippen molar-refractivity contribution in [1.82, 2.24) is 4.98 Å². The molecule has 0 aliphatic heterocycles. The van der Waals surface area contributed by atoms with Gasteiger partial charge in [0.1, 0.15) is 10.6 Å². The smallest absolute Gasteiger partial charge is 0.349 e. The Labute approximate surface area is 154 Å². The lowest BCUT2D eigenvalue weighted by atomic mass is 9.97. The zero-order valence-electron chi connectivity index (χ0n) is 14.6. The fourth-order valence-corrected chi connectivity index (χ4v) is 3.27. The average Bonchev–Trinajstić information content (AvgIpc) is 3.14. The average molecular weight is 370 g/mol. The van der Waals surface area contributed by atoms with Gasteiger partial charge in [-0.3, -0.25) is 4.79 Å². The molecule has 0 radical (unpaired) electrons. The zero-order chi connectivity index (χ0) is 18.7. The molecule has 0 aliphatic carbocycles. The first-order valence-corrected chi connectivity index (χ1v) is 8.76. The van der Waals surface area contributed by atoms with E-state index in [1.807, 2.05) is 43.3 Å². The molecule has 0 bridgehead atoms. The molecule has 134 valence electrons. The first-order chi connectivity index (χ1) is 12.5. The van der Waals surface area contributed by atoms with E-state index in [-0.39, 0.29) is 11.8 Å². The number of nitrogens with one attached hydrogen (secondary N) is 1. The van der Waals surface area contributed by atoms with Crippen LogP contribution in [0.2, 0.25) is 0 Å². The van der Waals surface area contributed by atoms with Gasteiger partial charge < -0.3 is 14.8 Å². The maximum atomic E-state index is 12.5. The molecule has 1 N–H and O–H groups in total. The van der Waals surface area contributed by atoms with Crippen LogP contribution >= 0.6 is 11.3 Å². The molecular formula is C19H18N2O4S. The number of amides is 1. The van der Waals surface area contributed by atoms with Crippen molar-refractivity contribution in [2.75, 3.05) is 19.5 Å². The maximum absolute atomic E-state index is 12.5. The van der Waals surface area contributed by atoms with E-state index in [0.717, 1.165) is 33.4 Å². The Hall–Kier alpha value is -2.93. The third-order valence-corrected chi connectivity index (χ3v) is 4.98. The van der Waals surface area contributed by atoms with Gasteiger partial charge in [-0.25, -0.2) is 9.78 Å². The molecule has 26 heavy (non-hydrogen) atoms. The summed E-state index contributed by atoms with van der Waals surface area (Å²) in [6.45, 7) is 1.83. The minimum atomic E-state index is -0.471. The van der Waals surface area contributed by atoms with Gasteiger partial charge >= 0.3 is 5.97 Å². The summed E-state index contributed by atoms with van der Waals surface area (Å²) in [5.41, 5.74) is 0.893. The van der Waals surface area contributed by atoms with Crippen LogP contribution in [0.5, 0.6) is 5.75 Å². The Balaban J connectivity index is 1.76. The minimum absolute atomic E-state index is 0.191.